The second kappa shape index (κ2) is 4.03. The smallest absolute Gasteiger partial charge is 0.326 e. The molecule has 0 aromatic heterocycles. The van der Waals surface area contributed by atoms with E-state index in [2.05, 4.69) is 0 Å². The highest BCUT2D eigenvalue weighted by molar-refractivity contribution is 5.96. The predicted octanol–water partition coefficient (Wildman–Crippen LogP) is 1.77. The summed E-state index contributed by atoms with van der Waals surface area (Å²) in [6.07, 6.45) is -4.23. The Labute approximate surface area is 96.0 Å². The summed E-state index contributed by atoms with van der Waals surface area (Å²) in [5.41, 5.74) is 5.08. The maximum Gasteiger partial charge on any atom is 0.416 e. The van der Waals surface area contributed by atoms with Crippen molar-refractivity contribution >= 4 is 11.6 Å². The average molecular weight is 244 g/mol. The van der Waals surface area contributed by atoms with E-state index in [4.69, 9.17) is 5.73 Å². The maximum absolute atomic E-state index is 12.5. The molecule has 1 fully saturated rings. The lowest BCUT2D eigenvalue weighted by Gasteiger charge is -2.17. The summed E-state index contributed by atoms with van der Waals surface area (Å²) in [6, 6.07) is 4.40. The van der Waals surface area contributed by atoms with Crippen LogP contribution in [0.4, 0.5) is 18.9 Å². The summed E-state index contributed by atoms with van der Waals surface area (Å²) in [4.78, 5) is 12.8. The highest BCUT2D eigenvalue weighted by Gasteiger charge is 2.33. The highest BCUT2D eigenvalue weighted by Crippen LogP contribution is 2.32. The maximum atomic E-state index is 12.5. The zero-order valence-electron chi connectivity index (χ0n) is 8.87. The molecule has 0 aliphatic carbocycles. The van der Waals surface area contributed by atoms with E-state index >= 15 is 0 Å². The quantitative estimate of drug-likeness (QED) is 0.818. The van der Waals surface area contributed by atoms with Gasteiger partial charge in [0.1, 0.15) is 0 Å². The minimum atomic E-state index is -4.40. The van der Waals surface area contributed by atoms with Crippen LogP contribution in [0.2, 0.25) is 0 Å². The molecule has 1 atom stereocenters. The second-order valence-corrected chi connectivity index (χ2v) is 4.02. The Morgan fingerprint density at radius 2 is 2.06 bits per heavy atom. The van der Waals surface area contributed by atoms with E-state index in [0.717, 1.165) is 12.1 Å². The highest BCUT2D eigenvalue weighted by atomic mass is 19.4. The molecule has 92 valence electrons. The van der Waals surface area contributed by atoms with Gasteiger partial charge in [0.2, 0.25) is 5.91 Å². The van der Waals surface area contributed by atoms with Crippen molar-refractivity contribution in [3.63, 3.8) is 0 Å². The van der Waals surface area contributed by atoms with Gasteiger partial charge in [-0.3, -0.25) is 4.79 Å². The molecule has 3 nitrogen and oxygen atoms in total. The number of nitrogens with zero attached hydrogens (tertiary/aromatic N) is 1. The van der Waals surface area contributed by atoms with Crippen LogP contribution in [-0.2, 0) is 11.0 Å². The lowest BCUT2D eigenvalue weighted by molar-refractivity contribution is -0.137. The molecule has 1 aliphatic rings. The van der Waals surface area contributed by atoms with Gasteiger partial charge < -0.3 is 10.6 Å². The van der Waals surface area contributed by atoms with E-state index in [-0.39, 0.29) is 30.6 Å². The van der Waals surface area contributed by atoms with Gasteiger partial charge in [-0.1, -0.05) is 6.07 Å². The third-order valence-electron chi connectivity index (χ3n) is 2.64. The van der Waals surface area contributed by atoms with Crippen LogP contribution in [-0.4, -0.2) is 18.5 Å². The molecule has 1 aromatic carbocycles. The fourth-order valence-electron chi connectivity index (χ4n) is 1.83. The summed E-state index contributed by atoms with van der Waals surface area (Å²) < 4.78 is 37.5. The van der Waals surface area contributed by atoms with Crippen LogP contribution >= 0.6 is 0 Å². The molecule has 17 heavy (non-hydrogen) atoms. The zero-order chi connectivity index (χ0) is 12.6. The standard InChI is InChI=1S/C11H11F3N2O/c12-11(13,14)7-2-1-3-9(4-7)16-6-8(15)5-10(16)17/h1-4,8H,5-6,15H2/t8-/m1/s1. The van der Waals surface area contributed by atoms with Crippen molar-refractivity contribution in [2.75, 3.05) is 11.4 Å². The number of halogens is 3. The molecule has 1 amide bonds. The number of alkyl halides is 3. The first-order valence-corrected chi connectivity index (χ1v) is 5.11. The number of nitrogens with two attached hydrogens (primary N) is 1. The van der Waals surface area contributed by atoms with Crippen LogP contribution in [0.1, 0.15) is 12.0 Å². The van der Waals surface area contributed by atoms with Crippen molar-refractivity contribution in [1.82, 2.24) is 0 Å². The third-order valence-corrected chi connectivity index (χ3v) is 2.64. The van der Waals surface area contributed by atoms with E-state index in [9.17, 15) is 18.0 Å². The van der Waals surface area contributed by atoms with Crippen molar-refractivity contribution in [2.45, 2.75) is 18.6 Å². The Hall–Kier alpha value is -1.56. The Morgan fingerprint density at radius 1 is 1.35 bits per heavy atom. The molecule has 0 saturated carbocycles. The molecule has 0 unspecified atom stereocenters. The molecule has 1 heterocycles. The third kappa shape index (κ3) is 2.41. The number of anilines is 1. The van der Waals surface area contributed by atoms with Crippen molar-refractivity contribution in [2.24, 2.45) is 5.73 Å². The normalized spacial score (nSPS) is 21.1. The van der Waals surface area contributed by atoms with Gasteiger partial charge in [-0.25, -0.2) is 0 Å². The number of carbonyl (C=O) groups excluding carboxylic acids is 1. The fraction of sp³-hybridized carbons (Fsp3) is 0.364. The van der Waals surface area contributed by atoms with Crippen molar-refractivity contribution in [1.29, 1.82) is 0 Å². The van der Waals surface area contributed by atoms with Gasteiger partial charge >= 0.3 is 6.18 Å². The van der Waals surface area contributed by atoms with Gasteiger partial charge in [-0.05, 0) is 18.2 Å². The molecular weight excluding hydrogens is 233 g/mol. The molecule has 1 aromatic rings. The first-order valence-electron chi connectivity index (χ1n) is 5.11. The van der Waals surface area contributed by atoms with Crippen LogP contribution in [0.5, 0.6) is 0 Å². The molecule has 1 saturated heterocycles. The summed E-state index contributed by atoms with van der Waals surface area (Å²) in [5.74, 6) is -0.239. The first-order chi connectivity index (χ1) is 7.88. The SMILES string of the molecule is N[C@@H]1CC(=O)N(c2cccc(C(F)(F)F)c2)C1. The Bertz CT molecular complexity index is 445. The average Bonchev–Trinajstić information content (AvgIpc) is 2.57. The van der Waals surface area contributed by atoms with Crippen molar-refractivity contribution < 1.29 is 18.0 Å². The van der Waals surface area contributed by atoms with Crippen LogP contribution in [0.15, 0.2) is 24.3 Å². The van der Waals surface area contributed by atoms with E-state index < -0.39 is 11.7 Å². The minimum absolute atomic E-state index is 0.177. The largest absolute Gasteiger partial charge is 0.416 e. The summed E-state index contributed by atoms with van der Waals surface area (Å²) >= 11 is 0. The lowest BCUT2D eigenvalue weighted by Crippen LogP contribution is -2.28. The van der Waals surface area contributed by atoms with Gasteiger partial charge in [-0.2, -0.15) is 13.2 Å². The molecule has 0 bridgehead atoms. The van der Waals surface area contributed by atoms with E-state index in [1.54, 1.807) is 0 Å². The van der Waals surface area contributed by atoms with Crippen LogP contribution in [0, 0.1) is 0 Å². The zero-order valence-corrected chi connectivity index (χ0v) is 8.87. The molecular formula is C11H11F3N2O. The van der Waals surface area contributed by atoms with Crippen LogP contribution in [0.25, 0.3) is 0 Å². The molecule has 0 radical (unpaired) electrons. The number of rotatable bonds is 1. The van der Waals surface area contributed by atoms with Crippen LogP contribution in [0.3, 0.4) is 0 Å². The molecule has 2 rings (SSSR count). The Morgan fingerprint density at radius 3 is 2.59 bits per heavy atom. The number of hydrogen-bond donors (Lipinski definition) is 1. The minimum Gasteiger partial charge on any atom is -0.326 e. The van der Waals surface area contributed by atoms with E-state index in [0.29, 0.717) is 0 Å². The van der Waals surface area contributed by atoms with Crippen molar-refractivity contribution in [3.05, 3.63) is 29.8 Å². The molecule has 2 N–H and O–H groups in total. The van der Waals surface area contributed by atoms with Gasteiger partial charge in [0.25, 0.3) is 0 Å². The molecule has 1 aliphatic heterocycles. The number of amides is 1. The number of hydrogen-bond acceptors (Lipinski definition) is 2. The molecule has 6 heteroatoms. The van der Waals surface area contributed by atoms with Crippen molar-refractivity contribution in [3.8, 4) is 0 Å². The fourth-order valence-corrected chi connectivity index (χ4v) is 1.83. The lowest BCUT2D eigenvalue weighted by atomic mass is 10.2. The Balaban J connectivity index is 2.31. The van der Waals surface area contributed by atoms with Gasteiger partial charge in [0, 0.05) is 24.7 Å². The van der Waals surface area contributed by atoms with Gasteiger partial charge in [0.15, 0.2) is 0 Å². The van der Waals surface area contributed by atoms with Gasteiger partial charge in [0.05, 0.1) is 5.56 Å². The Kier molecular flexibility index (Phi) is 2.82. The van der Waals surface area contributed by atoms with Crippen LogP contribution < -0.4 is 10.6 Å². The summed E-state index contributed by atoms with van der Waals surface area (Å²) in [7, 11) is 0. The topological polar surface area (TPSA) is 46.3 Å². The number of carbonyl (C=O) groups is 1. The van der Waals surface area contributed by atoms with E-state index in [1.165, 1.54) is 17.0 Å². The van der Waals surface area contributed by atoms with E-state index in [1.807, 2.05) is 0 Å². The summed E-state index contributed by atoms with van der Waals surface area (Å²) in [5, 5.41) is 0. The second-order valence-electron chi connectivity index (χ2n) is 4.02. The van der Waals surface area contributed by atoms with Gasteiger partial charge in [-0.15, -0.1) is 0 Å². The summed E-state index contributed by atoms with van der Waals surface area (Å²) in [6.45, 7) is 0.264. The first kappa shape index (κ1) is 11.9. The monoisotopic (exact) mass is 244 g/mol. The molecule has 0 spiro atoms. The number of benzene rings is 1. The predicted molar refractivity (Wildman–Crippen MR) is 56.4 cm³/mol.